The molecule has 2 atom stereocenters. The van der Waals surface area contributed by atoms with E-state index in [4.69, 9.17) is 9.47 Å². The number of morpholine rings is 1. The van der Waals surface area contributed by atoms with Crippen molar-refractivity contribution in [3.8, 4) is 5.75 Å². The van der Waals surface area contributed by atoms with Crippen LogP contribution in [0.3, 0.4) is 0 Å². The van der Waals surface area contributed by atoms with Crippen LogP contribution in [0.25, 0.3) is 0 Å². The molecule has 1 heterocycles. The summed E-state index contributed by atoms with van der Waals surface area (Å²) in [4.78, 5) is 0. The second-order valence-corrected chi connectivity index (χ2v) is 5.41. The Morgan fingerprint density at radius 3 is 2.36 bits per heavy atom. The molecule has 25 heavy (non-hydrogen) atoms. The fraction of sp³-hybridized carbons (Fsp3) is 0.294. The molecule has 1 aliphatic rings. The average Bonchev–Trinajstić information content (AvgIpc) is 2.55. The first-order valence-electron chi connectivity index (χ1n) is 7.43. The van der Waals surface area contributed by atoms with E-state index in [1.165, 1.54) is 18.2 Å². The van der Waals surface area contributed by atoms with Gasteiger partial charge in [-0.05, 0) is 17.7 Å². The number of rotatable bonds is 4. The largest absolute Gasteiger partial charge is 0.477 e. The zero-order valence-corrected chi connectivity index (χ0v) is 13.8. The minimum absolute atomic E-state index is 0. The lowest BCUT2D eigenvalue weighted by molar-refractivity contribution is -0.0454. The highest BCUT2D eigenvalue weighted by Crippen LogP contribution is 2.31. The molecule has 2 aromatic rings. The standard InChI is InChI=1S/C17H15F4NO2.ClH/c18-11-3-1-2-10(6-11)16(15-9-22-4-5-23-15)24-17-13(20)7-12(19)8-14(17)21;/h1-3,6-8,15-16,22H,4-5,9H2;1H/t15-,16?;/m0./s1. The van der Waals surface area contributed by atoms with Crippen LogP contribution in [0.5, 0.6) is 5.75 Å². The molecule has 2 aromatic carbocycles. The van der Waals surface area contributed by atoms with Crippen LogP contribution in [-0.2, 0) is 4.74 Å². The summed E-state index contributed by atoms with van der Waals surface area (Å²) >= 11 is 0. The third-order valence-electron chi connectivity index (χ3n) is 3.68. The first kappa shape index (κ1) is 19.5. The van der Waals surface area contributed by atoms with Gasteiger partial charge >= 0.3 is 0 Å². The van der Waals surface area contributed by atoms with Crippen molar-refractivity contribution in [1.82, 2.24) is 5.32 Å². The molecule has 1 fully saturated rings. The van der Waals surface area contributed by atoms with Crippen LogP contribution in [0, 0.1) is 23.3 Å². The molecule has 1 unspecified atom stereocenters. The molecule has 3 rings (SSSR count). The third kappa shape index (κ3) is 4.62. The van der Waals surface area contributed by atoms with Gasteiger partial charge in [0.15, 0.2) is 23.5 Å². The van der Waals surface area contributed by atoms with Gasteiger partial charge in [-0.2, -0.15) is 0 Å². The molecule has 3 nitrogen and oxygen atoms in total. The molecule has 0 aromatic heterocycles. The summed E-state index contributed by atoms with van der Waals surface area (Å²) in [6, 6.07) is 6.56. The first-order chi connectivity index (χ1) is 11.5. The van der Waals surface area contributed by atoms with Gasteiger partial charge in [0.2, 0.25) is 0 Å². The molecule has 0 saturated carbocycles. The summed E-state index contributed by atoms with van der Waals surface area (Å²) in [7, 11) is 0. The number of hydrogen-bond acceptors (Lipinski definition) is 3. The zero-order chi connectivity index (χ0) is 17.1. The van der Waals surface area contributed by atoms with Gasteiger partial charge in [0.25, 0.3) is 0 Å². The summed E-state index contributed by atoms with van der Waals surface area (Å²) in [6.45, 7) is 1.38. The molecular weight excluding hydrogens is 362 g/mol. The minimum Gasteiger partial charge on any atom is -0.477 e. The fourth-order valence-corrected chi connectivity index (χ4v) is 2.59. The molecule has 1 N–H and O–H groups in total. The predicted octanol–water partition coefficient (Wildman–Crippen LogP) is 3.77. The van der Waals surface area contributed by atoms with Crippen molar-refractivity contribution in [1.29, 1.82) is 0 Å². The van der Waals surface area contributed by atoms with E-state index in [1.807, 2.05) is 0 Å². The SMILES string of the molecule is Cl.Fc1cccc(C(Oc2c(F)cc(F)cc2F)[C@@H]2CNCCO2)c1. The Morgan fingerprint density at radius 1 is 1.04 bits per heavy atom. The van der Waals surface area contributed by atoms with E-state index in [0.29, 0.717) is 37.4 Å². The van der Waals surface area contributed by atoms with Gasteiger partial charge in [-0.15, -0.1) is 12.4 Å². The molecule has 0 radical (unpaired) electrons. The van der Waals surface area contributed by atoms with Gasteiger partial charge in [-0.25, -0.2) is 17.6 Å². The van der Waals surface area contributed by atoms with E-state index in [2.05, 4.69) is 5.32 Å². The third-order valence-corrected chi connectivity index (χ3v) is 3.68. The summed E-state index contributed by atoms with van der Waals surface area (Å²) in [5.74, 6) is -4.62. The minimum atomic E-state index is -1.17. The molecule has 0 spiro atoms. The summed E-state index contributed by atoms with van der Waals surface area (Å²) in [6.07, 6.45) is -1.53. The van der Waals surface area contributed by atoms with Crippen molar-refractivity contribution < 1.29 is 27.0 Å². The number of ether oxygens (including phenoxy) is 2. The lowest BCUT2D eigenvalue weighted by Crippen LogP contribution is -2.43. The second-order valence-electron chi connectivity index (χ2n) is 5.41. The predicted molar refractivity (Wildman–Crippen MR) is 85.9 cm³/mol. The molecule has 0 bridgehead atoms. The fourth-order valence-electron chi connectivity index (χ4n) is 2.59. The number of hydrogen-bond donors (Lipinski definition) is 1. The Labute approximate surface area is 148 Å². The highest BCUT2D eigenvalue weighted by molar-refractivity contribution is 5.85. The molecular formula is C17H16ClF4NO2. The van der Waals surface area contributed by atoms with E-state index in [1.54, 1.807) is 6.07 Å². The molecule has 1 saturated heterocycles. The summed E-state index contributed by atoms with van der Waals surface area (Å²) in [5, 5.41) is 3.08. The maximum atomic E-state index is 13.9. The number of halogens is 5. The monoisotopic (exact) mass is 377 g/mol. The lowest BCUT2D eigenvalue weighted by Gasteiger charge is -2.31. The van der Waals surface area contributed by atoms with Gasteiger partial charge in [0, 0.05) is 25.2 Å². The average molecular weight is 378 g/mol. The van der Waals surface area contributed by atoms with Crippen molar-refractivity contribution in [3.05, 3.63) is 65.2 Å². The van der Waals surface area contributed by atoms with Crippen molar-refractivity contribution in [2.24, 2.45) is 0 Å². The smallest absolute Gasteiger partial charge is 0.191 e. The van der Waals surface area contributed by atoms with Crippen molar-refractivity contribution >= 4 is 12.4 Å². The van der Waals surface area contributed by atoms with E-state index >= 15 is 0 Å². The molecule has 0 amide bonds. The highest BCUT2D eigenvalue weighted by atomic mass is 35.5. The van der Waals surface area contributed by atoms with Gasteiger partial charge in [0.05, 0.1) is 6.61 Å². The van der Waals surface area contributed by atoms with Crippen LogP contribution in [0.4, 0.5) is 17.6 Å². The molecule has 8 heteroatoms. The van der Waals surface area contributed by atoms with Gasteiger partial charge in [-0.1, -0.05) is 12.1 Å². The topological polar surface area (TPSA) is 30.5 Å². The van der Waals surface area contributed by atoms with Crippen LogP contribution < -0.4 is 10.1 Å². The number of benzene rings is 2. The summed E-state index contributed by atoms with van der Waals surface area (Å²) in [5.41, 5.74) is 0.367. The van der Waals surface area contributed by atoms with Gasteiger partial charge in [-0.3, -0.25) is 0 Å². The number of nitrogens with one attached hydrogen (secondary N) is 1. The van der Waals surface area contributed by atoms with Crippen LogP contribution in [0.15, 0.2) is 36.4 Å². The second kappa shape index (κ2) is 8.51. The van der Waals surface area contributed by atoms with Crippen molar-refractivity contribution in [2.45, 2.75) is 12.2 Å². The quantitative estimate of drug-likeness (QED) is 0.823. The lowest BCUT2D eigenvalue weighted by atomic mass is 10.0. The van der Waals surface area contributed by atoms with Gasteiger partial charge < -0.3 is 14.8 Å². The molecule has 136 valence electrons. The van der Waals surface area contributed by atoms with E-state index in [-0.39, 0.29) is 12.4 Å². The Hall–Kier alpha value is -1.83. The first-order valence-corrected chi connectivity index (χ1v) is 7.43. The van der Waals surface area contributed by atoms with E-state index in [0.717, 1.165) is 0 Å². The Morgan fingerprint density at radius 2 is 1.76 bits per heavy atom. The Bertz CT molecular complexity index is 703. The Kier molecular flexibility index (Phi) is 6.64. The van der Waals surface area contributed by atoms with E-state index < -0.39 is 41.2 Å². The van der Waals surface area contributed by atoms with Crippen LogP contribution >= 0.6 is 12.4 Å². The normalized spacial score (nSPS) is 18.3. The molecule has 0 aliphatic carbocycles. The van der Waals surface area contributed by atoms with Crippen LogP contribution in [0.2, 0.25) is 0 Å². The van der Waals surface area contributed by atoms with Gasteiger partial charge in [0.1, 0.15) is 17.7 Å². The Balaban J connectivity index is 0.00000225. The van der Waals surface area contributed by atoms with Crippen LogP contribution in [0.1, 0.15) is 11.7 Å². The zero-order valence-electron chi connectivity index (χ0n) is 13.0. The maximum absolute atomic E-state index is 13.9. The van der Waals surface area contributed by atoms with Crippen molar-refractivity contribution in [2.75, 3.05) is 19.7 Å². The van der Waals surface area contributed by atoms with Crippen molar-refractivity contribution in [3.63, 3.8) is 0 Å². The van der Waals surface area contributed by atoms with Crippen LogP contribution in [-0.4, -0.2) is 25.8 Å². The highest BCUT2D eigenvalue weighted by Gasteiger charge is 2.30. The maximum Gasteiger partial charge on any atom is 0.191 e. The molecule has 1 aliphatic heterocycles. The summed E-state index contributed by atoms with van der Waals surface area (Å²) < 4.78 is 65.4. The van der Waals surface area contributed by atoms with E-state index in [9.17, 15) is 17.6 Å².